The summed E-state index contributed by atoms with van der Waals surface area (Å²) in [6.45, 7) is 32.3. The van der Waals surface area contributed by atoms with E-state index in [0.29, 0.717) is 62.2 Å². The van der Waals surface area contributed by atoms with Crippen molar-refractivity contribution in [3.63, 3.8) is 0 Å². The lowest BCUT2D eigenvalue weighted by Gasteiger charge is -2.13. The highest BCUT2D eigenvalue weighted by molar-refractivity contribution is 5.74. The molecule has 3 aromatic heterocycles. The van der Waals surface area contributed by atoms with E-state index in [-0.39, 0.29) is 99.8 Å². The molecule has 0 bridgehead atoms. The van der Waals surface area contributed by atoms with Crippen LogP contribution in [-0.4, -0.2) is 68.2 Å². The van der Waals surface area contributed by atoms with Crippen LogP contribution in [0, 0.1) is 19.7 Å². The zero-order valence-electron chi connectivity index (χ0n) is 70.0. The maximum atomic E-state index is 8.92. The third-order valence-electron chi connectivity index (χ3n) is 13.7. The van der Waals surface area contributed by atoms with Crippen LogP contribution < -0.4 is 30.2 Å². The molecule has 0 saturated carbocycles. The molecule has 0 fully saturated rings. The summed E-state index contributed by atoms with van der Waals surface area (Å²) in [5.74, 6) is 1.57. The van der Waals surface area contributed by atoms with Crippen LogP contribution in [-0.2, 0) is 19.2 Å². The second-order valence-corrected chi connectivity index (χ2v) is 20.9. The Labute approximate surface area is 554 Å². The second kappa shape index (κ2) is 29.7. The van der Waals surface area contributed by atoms with Crippen LogP contribution >= 0.6 is 0 Å². The highest BCUT2D eigenvalue weighted by atomic mass is 16.5. The van der Waals surface area contributed by atoms with Crippen molar-refractivity contribution in [1.82, 2.24) is 46.4 Å². The number of hydrogen-bond acceptors (Lipinski definition) is 15. The number of nitrogens with one attached hydrogen (secondary N) is 3. The highest BCUT2D eigenvalue weighted by Gasteiger charge is 2.30. The van der Waals surface area contributed by atoms with Gasteiger partial charge in [0.05, 0.1) is 44.8 Å². The summed E-state index contributed by atoms with van der Waals surface area (Å²) in [5, 5.41) is 20.1. The van der Waals surface area contributed by atoms with Gasteiger partial charge in [-0.05, 0) is 207 Å². The minimum Gasteiger partial charge on any atom is -0.502 e. The van der Waals surface area contributed by atoms with Gasteiger partial charge in [-0.1, -0.05) is 90.8 Å². The monoisotopic (exact) mass is 1230 g/mol. The molecule has 3 atom stereocenters. The number of ether oxygens (including phenoxy) is 3. The molecule has 3 aliphatic rings. The van der Waals surface area contributed by atoms with Gasteiger partial charge in [0, 0.05) is 70.6 Å². The van der Waals surface area contributed by atoms with Crippen LogP contribution in [0.2, 0.25) is 0 Å². The van der Waals surface area contributed by atoms with E-state index in [1.165, 1.54) is 30.3 Å². The fourth-order valence-corrected chi connectivity index (χ4v) is 9.80. The van der Waals surface area contributed by atoms with Gasteiger partial charge in [0.25, 0.3) is 17.7 Å². The van der Waals surface area contributed by atoms with Crippen molar-refractivity contribution in [2.75, 3.05) is 19.5 Å². The smallest absolute Gasteiger partial charge is 0.256 e. The normalized spacial score (nSPS) is 23.0. The first kappa shape index (κ1) is 43.2. The van der Waals surface area contributed by atoms with Gasteiger partial charge in [-0.3, -0.25) is 0 Å². The lowest BCUT2D eigenvalue weighted by atomic mass is 10.0. The molecule has 9 aromatic rings. The van der Waals surface area contributed by atoms with Gasteiger partial charge in [-0.15, -0.1) is 0 Å². The minimum absolute atomic E-state index is 0.0721. The topological polar surface area (TPSA) is 194 Å². The fourth-order valence-electron chi connectivity index (χ4n) is 9.80. The van der Waals surface area contributed by atoms with Crippen molar-refractivity contribution in [2.45, 2.75) is 156 Å². The van der Waals surface area contributed by atoms with E-state index in [1.807, 2.05) is 6.92 Å². The van der Waals surface area contributed by atoms with E-state index in [2.05, 4.69) is 60.9 Å². The molecule has 0 aliphatic heterocycles. The molecular formula is C72H78N12O6. The van der Waals surface area contributed by atoms with Crippen molar-refractivity contribution in [2.24, 2.45) is 0 Å². The van der Waals surface area contributed by atoms with Crippen LogP contribution in [0.4, 0.5) is 17.1 Å². The van der Waals surface area contributed by atoms with Crippen molar-refractivity contribution < 1.29 is 53.8 Å². The Morgan fingerprint density at radius 1 is 0.533 bits per heavy atom. The molecule has 462 valence electrons. The first-order chi connectivity index (χ1) is 50.5. The van der Waals surface area contributed by atoms with Crippen LogP contribution in [0.3, 0.4) is 0 Å². The summed E-state index contributed by atoms with van der Waals surface area (Å²) in [4.78, 5) is 23.7. The maximum Gasteiger partial charge on any atom is 0.256 e. The Morgan fingerprint density at radius 3 is 1.31 bits per heavy atom. The maximum absolute atomic E-state index is 8.92. The van der Waals surface area contributed by atoms with Crippen LogP contribution in [0.25, 0.3) is 83.1 Å². The predicted octanol–water partition coefficient (Wildman–Crippen LogP) is 17.2. The van der Waals surface area contributed by atoms with E-state index in [4.69, 9.17) is 73.5 Å². The highest BCUT2D eigenvalue weighted by Crippen LogP contribution is 2.42. The molecule has 18 heteroatoms. The van der Waals surface area contributed by atoms with E-state index in [1.54, 1.807) is 127 Å². The zero-order valence-corrected chi connectivity index (χ0v) is 51.0. The Hall–Kier alpha value is -9.51. The average Bonchev–Trinajstić information content (AvgIpc) is 1.57. The van der Waals surface area contributed by atoms with Crippen molar-refractivity contribution in [3.8, 4) is 85.8 Å². The van der Waals surface area contributed by atoms with Crippen molar-refractivity contribution in [1.29, 1.82) is 0 Å². The van der Waals surface area contributed by atoms with E-state index in [0.717, 1.165) is 13.3 Å². The lowest BCUT2D eigenvalue weighted by molar-refractivity contribution is 0.244. The van der Waals surface area contributed by atoms with Crippen LogP contribution in [0.1, 0.15) is 178 Å². The summed E-state index contributed by atoms with van der Waals surface area (Å²) in [6, 6.07) is 23.8. The molecule has 0 unspecified atom stereocenters. The van der Waals surface area contributed by atoms with Crippen LogP contribution in [0.5, 0.6) is 17.2 Å². The largest absolute Gasteiger partial charge is 0.502 e. The van der Waals surface area contributed by atoms with Gasteiger partial charge in [0.2, 0.25) is 34.5 Å². The molecule has 3 N–H and O–H groups in total. The van der Waals surface area contributed by atoms with Gasteiger partial charge in [0.1, 0.15) is 17.2 Å². The molecule has 3 aliphatic carbocycles. The molecule has 3 heterocycles. The number of benzene rings is 6. The molecule has 0 amide bonds. The molecule has 0 spiro atoms. The summed E-state index contributed by atoms with van der Waals surface area (Å²) in [6.07, 6.45) is -14.4. The molecule has 18 nitrogen and oxygen atoms in total. The third-order valence-corrected chi connectivity index (χ3v) is 13.7. The van der Waals surface area contributed by atoms with Crippen LogP contribution in [0.15, 0.2) is 123 Å². The summed E-state index contributed by atoms with van der Waals surface area (Å²) in [7, 11) is 0. The molecular weight excluding hydrogens is 1130 g/mol. The number of fused-ring (bicyclic) bond motifs is 3. The minimum atomic E-state index is -2.70. The molecule has 90 heavy (non-hydrogen) atoms. The van der Waals surface area contributed by atoms with E-state index >= 15 is 0 Å². The van der Waals surface area contributed by atoms with Crippen molar-refractivity contribution in [3.05, 3.63) is 177 Å². The SMILES string of the molecule is [2H]C(C)(C)Oc1ccc(-c2nc(-c3cccc4c3C([2H])([2H])C([2H])([2H])[C@@H]4NCCC)no2)cc1[N+]#[C-].[2H]C(C)(C)Oc1ccc(-c2nc(-c3cccc4c3CC([2H])([2H])[C@]4([2H])NC([2H])([2H])C([2H])([2H])C)no2)cc1[N+]#[C-].[2H]C([2H])(CC)N[C@]1([2H])c2cccc(-c3noc(-c4ccc(OC([2H])(C)C)c([N+]#[C-])c4)n3)c2CC1([2H])[2H]. The number of rotatable bonds is 21. The Balaban J connectivity index is 0.000000174. The molecule has 0 radical (unpaired) electrons. The van der Waals surface area contributed by atoms with Gasteiger partial charge in [-0.2, -0.15) is 15.0 Å². The first-order valence-corrected chi connectivity index (χ1v) is 28.8. The standard InChI is InChI=1S/3C24H26N4O2/c3*1-5-13-26-20-11-10-17-18(20)7-6-8-19(17)23-27-24(30-28-23)16-9-12-22(29-15(2)3)21(14-16)25-4/h3*6-9,12,14-15,20,26H,5,10-11,13H2,1-3H3/t3*20-/m000/s1/i5D2,11D2,13D2,15D,20D;11D2,13D2,15D,20D;10D2,11D2,15D. The zero-order chi connectivity index (χ0) is 80.4. The molecule has 12 rings (SSSR count). The number of hydrogen-bond donors (Lipinski definition) is 3. The Kier molecular flexibility index (Phi) is 14.2. The summed E-state index contributed by atoms with van der Waals surface area (Å²) >= 11 is 0. The Morgan fingerprint density at radius 2 is 0.933 bits per heavy atom. The third kappa shape index (κ3) is 14.6. The number of nitrogens with zero attached hydrogens (tertiary/aromatic N) is 9. The second-order valence-electron chi connectivity index (χ2n) is 20.9. The van der Waals surface area contributed by atoms with Crippen molar-refractivity contribution >= 4 is 17.1 Å². The average molecular weight is 1230 g/mol. The fraction of sp³-hybridized carbons (Fsp3) is 0.375. The van der Waals surface area contributed by atoms with Gasteiger partial charge in [-0.25, -0.2) is 14.5 Å². The lowest BCUT2D eigenvalue weighted by Crippen LogP contribution is -2.19. The van der Waals surface area contributed by atoms with Gasteiger partial charge >= 0.3 is 0 Å². The Bertz CT molecular complexity index is 5040. The van der Waals surface area contributed by atoms with Gasteiger partial charge < -0.3 is 43.7 Å². The number of aromatic nitrogens is 6. The predicted molar refractivity (Wildman–Crippen MR) is 350 cm³/mol. The van der Waals surface area contributed by atoms with E-state index < -0.39 is 81.2 Å². The first-order valence-electron chi connectivity index (χ1n) is 38.3. The summed E-state index contributed by atoms with van der Waals surface area (Å²) in [5.41, 5.74) is 5.25. The van der Waals surface area contributed by atoms with E-state index in [9.17, 15) is 0 Å². The molecule has 6 aromatic carbocycles. The molecule has 0 saturated heterocycles. The quantitative estimate of drug-likeness (QED) is 0.0575. The summed E-state index contributed by atoms with van der Waals surface area (Å²) < 4.78 is 191. The van der Waals surface area contributed by atoms with Gasteiger partial charge in [0.15, 0.2) is 0 Å².